The lowest BCUT2D eigenvalue weighted by Crippen LogP contribution is -1.77. The molecule has 0 aliphatic rings. The number of hydrogen-bond acceptors (Lipinski definition) is 1. The van der Waals surface area contributed by atoms with E-state index in [1.807, 2.05) is 25.2 Å². The van der Waals surface area contributed by atoms with Crippen LogP contribution in [-0.2, 0) is 0 Å². The lowest BCUT2D eigenvalue weighted by Gasteiger charge is -1.99. The van der Waals surface area contributed by atoms with E-state index in [2.05, 4.69) is 50.2 Å². The molecule has 0 saturated heterocycles. The molecule has 0 nitrogen and oxygen atoms in total. The van der Waals surface area contributed by atoms with Gasteiger partial charge in [-0.3, -0.25) is 0 Å². The van der Waals surface area contributed by atoms with Crippen molar-refractivity contribution in [1.29, 1.82) is 0 Å². The molecular weight excluding hydrogens is 224 g/mol. The van der Waals surface area contributed by atoms with Crippen LogP contribution < -0.4 is 0 Å². The van der Waals surface area contributed by atoms with Gasteiger partial charge in [-0.05, 0) is 31.0 Å². The Bertz CT molecular complexity index is 647. The van der Waals surface area contributed by atoms with Gasteiger partial charge in [0.2, 0.25) is 0 Å². The first-order chi connectivity index (χ1) is 8.27. The van der Waals surface area contributed by atoms with Gasteiger partial charge in [0.25, 0.3) is 0 Å². The topological polar surface area (TPSA) is 0 Å². The molecule has 88 valence electrons. The summed E-state index contributed by atoms with van der Waals surface area (Å²) >= 11 is 1.90. The molecule has 0 aliphatic heterocycles. The minimum atomic E-state index is 1.38. The van der Waals surface area contributed by atoms with Crippen LogP contribution in [0, 0.1) is 13.8 Å². The largest absolute Gasteiger partial charge is 0.135 e. The molecule has 0 spiro atoms. The van der Waals surface area contributed by atoms with Crippen molar-refractivity contribution < 1.29 is 0 Å². The van der Waals surface area contributed by atoms with Crippen molar-refractivity contribution in [2.75, 3.05) is 0 Å². The van der Waals surface area contributed by atoms with E-state index >= 15 is 0 Å². The molecular formula is C16H18S. The summed E-state index contributed by atoms with van der Waals surface area (Å²) in [6.45, 7) is 8.39. The van der Waals surface area contributed by atoms with Crippen molar-refractivity contribution in [3.63, 3.8) is 0 Å². The maximum atomic E-state index is 2.22. The number of benzene rings is 2. The Labute approximate surface area is 107 Å². The number of hydrogen-bond donors (Lipinski definition) is 0. The van der Waals surface area contributed by atoms with Gasteiger partial charge in [-0.2, -0.15) is 0 Å². The number of fused-ring (bicyclic) bond motifs is 3. The van der Waals surface area contributed by atoms with Crippen LogP contribution in [0.1, 0.15) is 25.0 Å². The smallest absolute Gasteiger partial charge is 0.0387 e. The zero-order valence-electron chi connectivity index (χ0n) is 10.9. The van der Waals surface area contributed by atoms with E-state index in [1.54, 1.807) is 0 Å². The minimum Gasteiger partial charge on any atom is -0.135 e. The fraction of sp³-hybridized carbons (Fsp3) is 0.250. The van der Waals surface area contributed by atoms with E-state index in [0.717, 1.165) is 0 Å². The van der Waals surface area contributed by atoms with E-state index in [-0.39, 0.29) is 0 Å². The second-order valence-corrected chi connectivity index (χ2v) is 5.05. The highest BCUT2D eigenvalue weighted by atomic mass is 32.1. The van der Waals surface area contributed by atoms with Crippen LogP contribution in [0.5, 0.6) is 0 Å². The van der Waals surface area contributed by atoms with E-state index in [4.69, 9.17) is 0 Å². The first-order valence-corrected chi connectivity index (χ1v) is 6.96. The highest BCUT2D eigenvalue weighted by Gasteiger charge is 2.07. The zero-order chi connectivity index (χ0) is 12.4. The second kappa shape index (κ2) is 4.89. The van der Waals surface area contributed by atoms with Gasteiger partial charge in [0.15, 0.2) is 0 Å². The summed E-state index contributed by atoms with van der Waals surface area (Å²) in [5, 5.41) is 2.84. The number of rotatable bonds is 0. The summed E-state index contributed by atoms with van der Waals surface area (Å²) in [6, 6.07) is 13.1. The van der Waals surface area contributed by atoms with E-state index < -0.39 is 0 Å². The number of aryl methyl sites for hydroxylation is 2. The predicted octanol–water partition coefficient (Wildman–Crippen LogP) is 5.70. The van der Waals surface area contributed by atoms with Crippen molar-refractivity contribution in [2.45, 2.75) is 27.7 Å². The Morgan fingerprint density at radius 1 is 0.824 bits per heavy atom. The van der Waals surface area contributed by atoms with Gasteiger partial charge >= 0.3 is 0 Å². The van der Waals surface area contributed by atoms with Crippen molar-refractivity contribution in [2.24, 2.45) is 0 Å². The molecule has 0 atom stereocenters. The van der Waals surface area contributed by atoms with E-state index in [1.165, 1.54) is 31.3 Å². The molecule has 1 aromatic heterocycles. The van der Waals surface area contributed by atoms with Crippen molar-refractivity contribution in [3.8, 4) is 0 Å². The van der Waals surface area contributed by atoms with E-state index in [0.29, 0.717) is 0 Å². The normalized spacial score (nSPS) is 10.4. The predicted molar refractivity (Wildman–Crippen MR) is 80.2 cm³/mol. The van der Waals surface area contributed by atoms with Crippen LogP contribution in [0.15, 0.2) is 36.4 Å². The fourth-order valence-corrected chi connectivity index (χ4v) is 3.37. The number of thiophene rings is 1. The average molecular weight is 242 g/mol. The summed E-state index contributed by atoms with van der Waals surface area (Å²) in [6.07, 6.45) is 0. The molecule has 17 heavy (non-hydrogen) atoms. The molecule has 0 N–H and O–H groups in total. The quantitative estimate of drug-likeness (QED) is 0.474. The van der Waals surface area contributed by atoms with E-state index in [9.17, 15) is 0 Å². The SMILES string of the molecule is CC.Cc1ccc(C)c2c1sc1ccccc12. The Balaban J connectivity index is 0.000000514. The Morgan fingerprint density at radius 2 is 1.47 bits per heavy atom. The van der Waals surface area contributed by atoms with Crippen LogP contribution in [0.3, 0.4) is 0 Å². The highest BCUT2D eigenvalue weighted by molar-refractivity contribution is 7.26. The molecule has 1 heteroatoms. The highest BCUT2D eigenvalue weighted by Crippen LogP contribution is 2.37. The monoisotopic (exact) mass is 242 g/mol. The molecule has 0 aliphatic carbocycles. The molecule has 0 radical (unpaired) electrons. The average Bonchev–Trinajstić information content (AvgIpc) is 2.77. The summed E-state index contributed by atoms with van der Waals surface area (Å²) in [4.78, 5) is 0. The first kappa shape index (κ1) is 12.1. The first-order valence-electron chi connectivity index (χ1n) is 6.15. The van der Waals surface area contributed by atoms with Gasteiger partial charge in [0.05, 0.1) is 0 Å². The molecule has 1 heterocycles. The van der Waals surface area contributed by atoms with Crippen LogP contribution in [0.25, 0.3) is 20.2 Å². The van der Waals surface area contributed by atoms with Gasteiger partial charge < -0.3 is 0 Å². The van der Waals surface area contributed by atoms with Gasteiger partial charge in [-0.15, -0.1) is 11.3 Å². The molecule has 0 fully saturated rings. The molecule has 0 unspecified atom stereocenters. The third-order valence-corrected chi connectivity index (χ3v) is 4.24. The maximum Gasteiger partial charge on any atom is 0.0387 e. The third kappa shape index (κ3) is 1.96. The van der Waals surface area contributed by atoms with Gasteiger partial charge in [0.1, 0.15) is 0 Å². The Hall–Kier alpha value is -1.34. The maximum absolute atomic E-state index is 2.22. The molecule has 3 rings (SSSR count). The van der Waals surface area contributed by atoms with Gasteiger partial charge in [-0.25, -0.2) is 0 Å². The van der Waals surface area contributed by atoms with Gasteiger partial charge in [0, 0.05) is 20.2 Å². The summed E-state index contributed by atoms with van der Waals surface area (Å²) < 4.78 is 2.83. The lowest BCUT2D eigenvalue weighted by atomic mass is 10.1. The summed E-state index contributed by atoms with van der Waals surface area (Å²) in [5.41, 5.74) is 2.77. The van der Waals surface area contributed by atoms with Crippen molar-refractivity contribution >= 4 is 31.5 Å². The van der Waals surface area contributed by atoms with Crippen molar-refractivity contribution in [3.05, 3.63) is 47.5 Å². The van der Waals surface area contributed by atoms with Crippen LogP contribution >= 0.6 is 11.3 Å². The second-order valence-electron chi connectivity index (χ2n) is 4.00. The Kier molecular flexibility index (Phi) is 3.49. The molecule has 2 aromatic carbocycles. The molecule has 3 aromatic rings. The zero-order valence-corrected chi connectivity index (χ0v) is 11.7. The Morgan fingerprint density at radius 3 is 2.24 bits per heavy atom. The van der Waals surface area contributed by atoms with Crippen molar-refractivity contribution in [1.82, 2.24) is 0 Å². The minimum absolute atomic E-state index is 1.38. The van der Waals surface area contributed by atoms with Crippen LogP contribution in [-0.4, -0.2) is 0 Å². The van der Waals surface area contributed by atoms with Crippen LogP contribution in [0.4, 0.5) is 0 Å². The summed E-state index contributed by atoms with van der Waals surface area (Å²) in [7, 11) is 0. The standard InChI is InChI=1S/C14H12S.C2H6/c1-9-7-8-10(2)14-13(9)11-5-3-4-6-12(11)15-14;1-2/h3-8H,1-2H3;1-2H3. The fourth-order valence-electron chi connectivity index (χ4n) is 2.12. The molecule has 0 amide bonds. The molecule has 0 bridgehead atoms. The molecule has 0 saturated carbocycles. The summed E-state index contributed by atoms with van der Waals surface area (Å²) in [5.74, 6) is 0. The third-order valence-electron chi connectivity index (χ3n) is 2.93. The van der Waals surface area contributed by atoms with Gasteiger partial charge in [-0.1, -0.05) is 44.2 Å². The van der Waals surface area contributed by atoms with Crippen LogP contribution in [0.2, 0.25) is 0 Å². The lowest BCUT2D eigenvalue weighted by molar-refractivity contribution is 1.49.